The molecule has 1 heterocycles. The minimum atomic E-state index is 0.862. The molecular formula is C13H17NS. The summed E-state index contributed by atoms with van der Waals surface area (Å²) in [5.41, 5.74) is 2.73. The highest BCUT2D eigenvalue weighted by molar-refractivity contribution is 7.08. The van der Waals surface area contributed by atoms with Gasteiger partial charge < -0.3 is 5.32 Å². The molecule has 2 aliphatic rings. The van der Waals surface area contributed by atoms with Gasteiger partial charge in [0.05, 0.1) is 0 Å². The maximum Gasteiger partial charge on any atom is 0.0478 e. The number of hydrogen-bond acceptors (Lipinski definition) is 2. The van der Waals surface area contributed by atoms with E-state index in [4.69, 9.17) is 0 Å². The van der Waals surface area contributed by atoms with Crippen LogP contribution >= 0.6 is 11.3 Å². The van der Waals surface area contributed by atoms with E-state index in [9.17, 15) is 0 Å². The van der Waals surface area contributed by atoms with E-state index in [1.54, 1.807) is 11.3 Å². The lowest BCUT2D eigenvalue weighted by Gasteiger charge is -2.19. The van der Waals surface area contributed by atoms with Gasteiger partial charge in [-0.25, -0.2) is 0 Å². The Morgan fingerprint density at radius 1 is 1.33 bits per heavy atom. The molecule has 0 aliphatic heterocycles. The van der Waals surface area contributed by atoms with Crippen molar-refractivity contribution in [3.05, 3.63) is 28.5 Å². The molecular weight excluding hydrogens is 202 g/mol. The van der Waals surface area contributed by atoms with Crippen molar-refractivity contribution in [1.29, 1.82) is 0 Å². The van der Waals surface area contributed by atoms with E-state index >= 15 is 0 Å². The molecule has 2 heteroatoms. The average molecular weight is 219 g/mol. The summed E-state index contributed by atoms with van der Waals surface area (Å²) in [6.45, 7) is 3.34. The van der Waals surface area contributed by atoms with Crippen molar-refractivity contribution in [3.63, 3.8) is 0 Å². The molecule has 0 amide bonds. The summed E-state index contributed by atoms with van der Waals surface area (Å²) in [6.07, 6.45) is 7.66. The highest BCUT2D eigenvalue weighted by Gasteiger charge is 2.35. The maximum atomic E-state index is 3.60. The van der Waals surface area contributed by atoms with Gasteiger partial charge in [-0.05, 0) is 48.5 Å². The van der Waals surface area contributed by atoms with Gasteiger partial charge in [-0.2, -0.15) is 0 Å². The van der Waals surface area contributed by atoms with Gasteiger partial charge in [-0.3, -0.25) is 0 Å². The van der Waals surface area contributed by atoms with Crippen molar-refractivity contribution in [2.75, 3.05) is 11.9 Å². The molecule has 1 N–H and O–H groups in total. The third-order valence-electron chi connectivity index (χ3n) is 3.83. The molecule has 80 valence electrons. The predicted octanol–water partition coefficient (Wildman–Crippen LogP) is 3.68. The first-order chi connectivity index (χ1) is 7.33. The molecule has 1 nitrogen and oxygen atoms in total. The second-order valence-electron chi connectivity index (χ2n) is 4.89. The number of thiophene rings is 1. The van der Waals surface area contributed by atoms with Crippen molar-refractivity contribution >= 4 is 17.0 Å². The number of nitrogens with one attached hydrogen (secondary N) is 1. The standard InChI is InChI=1S/C13H17NS/c1-9-7-15-8-13(9)14-6-12-5-10-2-3-11(12)4-10/h2-3,7-8,10-12,14H,4-6H2,1H3. The van der Waals surface area contributed by atoms with Crippen molar-refractivity contribution in [1.82, 2.24) is 0 Å². The summed E-state index contributed by atoms with van der Waals surface area (Å²) in [5, 5.41) is 8.03. The van der Waals surface area contributed by atoms with E-state index in [0.29, 0.717) is 0 Å². The van der Waals surface area contributed by atoms with Gasteiger partial charge in [0.1, 0.15) is 0 Å². The van der Waals surface area contributed by atoms with Gasteiger partial charge >= 0.3 is 0 Å². The first-order valence-corrected chi connectivity index (χ1v) is 6.72. The van der Waals surface area contributed by atoms with Crippen LogP contribution in [0.5, 0.6) is 0 Å². The van der Waals surface area contributed by atoms with E-state index in [2.05, 4.69) is 35.2 Å². The topological polar surface area (TPSA) is 12.0 Å². The number of anilines is 1. The first-order valence-electron chi connectivity index (χ1n) is 5.78. The number of hydrogen-bond donors (Lipinski definition) is 1. The zero-order valence-corrected chi connectivity index (χ0v) is 9.89. The molecule has 15 heavy (non-hydrogen) atoms. The number of aryl methyl sites for hydroxylation is 1. The van der Waals surface area contributed by atoms with Gasteiger partial charge in [0.15, 0.2) is 0 Å². The molecule has 3 unspecified atom stereocenters. The fraction of sp³-hybridized carbons (Fsp3) is 0.538. The minimum absolute atomic E-state index is 0.862. The summed E-state index contributed by atoms with van der Waals surface area (Å²) in [5.74, 6) is 2.63. The molecule has 1 saturated carbocycles. The van der Waals surface area contributed by atoms with E-state index in [-0.39, 0.29) is 0 Å². The largest absolute Gasteiger partial charge is 0.384 e. The summed E-state index contributed by atoms with van der Waals surface area (Å²) in [7, 11) is 0. The molecule has 3 atom stereocenters. The van der Waals surface area contributed by atoms with Gasteiger partial charge in [0, 0.05) is 17.6 Å². The monoisotopic (exact) mass is 219 g/mol. The predicted molar refractivity (Wildman–Crippen MR) is 66.4 cm³/mol. The third kappa shape index (κ3) is 1.71. The fourth-order valence-electron chi connectivity index (χ4n) is 2.91. The smallest absolute Gasteiger partial charge is 0.0478 e. The van der Waals surface area contributed by atoms with Crippen molar-refractivity contribution in [2.45, 2.75) is 19.8 Å². The molecule has 1 fully saturated rings. The molecule has 2 aliphatic carbocycles. The Hall–Kier alpha value is -0.760. The van der Waals surface area contributed by atoms with Gasteiger partial charge in [-0.1, -0.05) is 12.2 Å². The van der Waals surface area contributed by atoms with Crippen molar-refractivity contribution < 1.29 is 0 Å². The van der Waals surface area contributed by atoms with E-state index in [0.717, 1.165) is 24.3 Å². The summed E-state index contributed by atoms with van der Waals surface area (Å²) in [4.78, 5) is 0. The summed E-state index contributed by atoms with van der Waals surface area (Å²) < 4.78 is 0. The van der Waals surface area contributed by atoms with Crippen LogP contribution in [0.4, 0.5) is 5.69 Å². The zero-order valence-electron chi connectivity index (χ0n) is 9.07. The van der Waals surface area contributed by atoms with Crippen molar-refractivity contribution in [3.8, 4) is 0 Å². The normalized spacial score (nSPS) is 32.5. The SMILES string of the molecule is Cc1cscc1NCC1CC2C=CC1C2. The highest BCUT2D eigenvalue weighted by atomic mass is 32.1. The van der Waals surface area contributed by atoms with Crippen LogP contribution in [-0.4, -0.2) is 6.54 Å². The molecule has 0 spiro atoms. The Labute approximate surface area is 95.2 Å². The quantitative estimate of drug-likeness (QED) is 0.765. The molecule has 1 aromatic heterocycles. The Balaban J connectivity index is 1.59. The fourth-order valence-corrected chi connectivity index (χ4v) is 3.72. The lowest BCUT2D eigenvalue weighted by atomic mass is 9.93. The molecule has 2 bridgehead atoms. The zero-order chi connectivity index (χ0) is 10.3. The Morgan fingerprint density at radius 3 is 2.87 bits per heavy atom. The van der Waals surface area contributed by atoms with Crippen molar-refractivity contribution in [2.24, 2.45) is 17.8 Å². The second-order valence-corrected chi connectivity index (χ2v) is 5.63. The lowest BCUT2D eigenvalue weighted by Crippen LogP contribution is -2.18. The first kappa shape index (κ1) is 9.46. The van der Waals surface area contributed by atoms with Crippen LogP contribution in [0.1, 0.15) is 18.4 Å². The van der Waals surface area contributed by atoms with Crippen LogP contribution < -0.4 is 5.32 Å². The third-order valence-corrected chi connectivity index (χ3v) is 4.69. The number of rotatable bonds is 3. The van der Waals surface area contributed by atoms with E-state index in [1.807, 2.05) is 0 Å². The molecule has 1 aromatic rings. The van der Waals surface area contributed by atoms with Gasteiger partial charge in [0.25, 0.3) is 0 Å². The maximum absolute atomic E-state index is 3.60. The van der Waals surface area contributed by atoms with Gasteiger partial charge in [-0.15, -0.1) is 11.3 Å². The molecule has 3 rings (SSSR count). The summed E-state index contributed by atoms with van der Waals surface area (Å²) >= 11 is 1.79. The molecule has 0 radical (unpaired) electrons. The second kappa shape index (κ2) is 3.67. The Kier molecular flexibility index (Phi) is 2.32. The van der Waals surface area contributed by atoms with E-state index in [1.165, 1.54) is 24.1 Å². The van der Waals surface area contributed by atoms with Crippen LogP contribution in [0.2, 0.25) is 0 Å². The minimum Gasteiger partial charge on any atom is -0.384 e. The van der Waals surface area contributed by atoms with Crippen LogP contribution in [0.3, 0.4) is 0 Å². The van der Waals surface area contributed by atoms with Crippen LogP contribution in [0.25, 0.3) is 0 Å². The lowest BCUT2D eigenvalue weighted by molar-refractivity contribution is 0.472. The summed E-state index contributed by atoms with van der Waals surface area (Å²) in [6, 6.07) is 0. The number of fused-ring (bicyclic) bond motifs is 2. The highest BCUT2D eigenvalue weighted by Crippen LogP contribution is 2.43. The Morgan fingerprint density at radius 2 is 2.27 bits per heavy atom. The average Bonchev–Trinajstić information content (AvgIpc) is 2.90. The molecule has 0 aromatic carbocycles. The van der Waals surface area contributed by atoms with Crippen LogP contribution in [0, 0.1) is 24.7 Å². The van der Waals surface area contributed by atoms with Crippen LogP contribution in [-0.2, 0) is 0 Å². The number of allylic oxidation sites excluding steroid dienone is 2. The van der Waals surface area contributed by atoms with Crippen LogP contribution in [0.15, 0.2) is 22.9 Å². The van der Waals surface area contributed by atoms with Gasteiger partial charge in [0.2, 0.25) is 0 Å². The Bertz CT molecular complexity index is 380. The molecule has 0 saturated heterocycles. The van der Waals surface area contributed by atoms with E-state index < -0.39 is 0 Å².